The molecule has 0 spiro atoms. The first-order chi connectivity index (χ1) is 14.7. The van der Waals surface area contributed by atoms with Crippen LogP contribution in [0.1, 0.15) is 22.1 Å². The standard InChI is InChI=1S/C23H21N3O4/c27-22(18-9-5-2-6-10-18)24-20-13-14-26(23(28)25-20)21-12-11-19(30-21)16-29-15-17-7-3-1-4-8-17/h1-14,19,21H,15-16H2,(H,24,25,27,28)/t19-,21+/m0/s1. The molecule has 2 atom stereocenters. The number of hydrogen-bond donors (Lipinski definition) is 1. The Labute approximate surface area is 173 Å². The molecule has 0 saturated carbocycles. The zero-order valence-corrected chi connectivity index (χ0v) is 16.2. The number of nitrogens with zero attached hydrogens (tertiary/aromatic N) is 2. The van der Waals surface area contributed by atoms with E-state index in [1.54, 1.807) is 42.6 Å². The average molecular weight is 403 g/mol. The van der Waals surface area contributed by atoms with Gasteiger partial charge in [0.25, 0.3) is 5.91 Å². The lowest BCUT2D eigenvalue weighted by Gasteiger charge is -2.16. The van der Waals surface area contributed by atoms with Gasteiger partial charge in [-0.05, 0) is 29.8 Å². The molecule has 2 aromatic carbocycles. The summed E-state index contributed by atoms with van der Waals surface area (Å²) in [6.07, 6.45) is 4.41. The van der Waals surface area contributed by atoms with Gasteiger partial charge in [-0.1, -0.05) is 54.6 Å². The van der Waals surface area contributed by atoms with E-state index in [-0.39, 0.29) is 17.8 Å². The van der Waals surface area contributed by atoms with Crippen molar-refractivity contribution in [1.82, 2.24) is 9.55 Å². The second kappa shape index (κ2) is 9.30. The number of aromatic nitrogens is 2. The molecular weight excluding hydrogens is 382 g/mol. The lowest BCUT2D eigenvalue weighted by molar-refractivity contribution is -0.0341. The molecule has 7 heteroatoms. The van der Waals surface area contributed by atoms with Crippen LogP contribution in [0, 0.1) is 0 Å². The van der Waals surface area contributed by atoms with Crippen LogP contribution in [0.25, 0.3) is 0 Å². The monoisotopic (exact) mass is 403 g/mol. The summed E-state index contributed by atoms with van der Waals surface area (Å²) < 4.78 is 12.9. The molecule has 30 heavy (non-hydrogen) atoms. The van der Waals surface area contributed by atoms with Gasteiger partial charge in [0.05, 0.1) is 13.2 Å². The van der Waals surface area contributed by atoms with Gasteiger partial charge in [-0.15, -0.1) is 0 Å². The average Bonchev–Trinajstić information content (AvgIpc) is 3.24. The summed E-state index contributed by atoms with van der Waals surface area (Å²) >= 11 is 0. The zero-order chi connectivity index (χ0) is 20.8. The third kappa shape index (κ3) is 4.89. The molecule has 3 aromatic rings. The van der Waals surface area contributed by atoms with Crippen molar-refractivity contribution >= 4 is 11.7 Å². The molecule has 0 fully saturated rings. The smallest absolute Gasteiger partial charge is 0.351 e. The highest BCUT2D eigenvalue weighted by molar-refractivity contribution is 6.03. The largest absolute Gasteiger partial charge is 0.374 e. The van der Waals surface area contributed by atoms with Gasteiger partial charge < -0.3 is 14.8 Å². The highest BCUT2D eigenvalue weighted by atomic mass is 16.5. The maximum absolute atomic E-state index is 12.4. The number of rotatable bonds is 7. The van der Waals surface area contributed by atoms with Crippen LogP contribution in [0.2, 0.25) is 0 Å². The van der Waals surface area contributed by atoms with E-state index < -0.39 is 11.9 Å². The molecule has 1 aliphatic heterocycles. The van der Waals surface area contributed by atoms with Crippen molar-refractivity contribution in [3.63, 3.8) is 0 Å². The minimum atomic E-state index is -0.561. The maximum atomic E-state index is 12.4. The Morgan fingerprint density at radius 1 is 1.03 bits per heavy atom. The third-order valence-electron chi connectivity index (χ3n) is 4.58. The zero-order valence-electron chi connectivity index (χ0n) is 16.2. The first kappa shape index (κ1) is 19.8. The quantitative estimate of drug-likeness (QED) is 0.613. The fraction of sp³-hybridized carbons (Fsp3) is 0.174. The number of carbonyl (C=O) groups is 1. The van der Waals surface area contributed by atoms with Gasteiger partial charge >= 0.3 is 5.69 Å². The number of nitrogens with one attached hydrogen (secondary N) is 1. The van der Waals surface area contributed by atoms with E-state index >= 15 is 0 Å². The lowest BCUT2D eigenvalue weighted by Crippen LogP contribution is -2.29. The van der Waals surface area contributed by atoms with Crippen LogP contribution in [0.4, 0.5) is 5.82 Å². The van der Waals surface area contributed by atoms with Crippen LogP contribution in [-0.2, 0) is 16.1 Å². The van der Waals surface area contributed by atoms with Gasteiger partial charge in [0, 0.05) is 11.8 Å². The van der Waals surface area contributed by atoms with E-state index in [4.69, 9.17) is 9.47 Å². The highest BCUT2D eigenvalue weighted by Gasteiger charge is 2.22. The molecule has 1 amide bonds. The van der Waals surface area contributed by atoms with Gasteiger partial charge in [0.2, 0.25) is 0 Å². The number of benzene rings is 2. The van der Waals surface area contributed by atoms with Gasteiger partial charge in [0.1, 0.15) is 11.9 Å². The van der Waals surface area contributed by atoms with Gasteiger partial charge in [0.15, 0.2) is 6.23 Å². The first-order valence-corrected chi connectivity index (χ1v) is 9.60. The molecule has 1 aliphatic rings. The Morgan fingerprint density at radius 2 is 1.77 bits per heavy atom. The summed E-state index contributed by atoms with van der Waals surface area (Å²) in [6, 6.07) is 20.2. The predicted octanol–water partition coefficient (Wildman–Crippen LogP) is 3.17. The number of anilines is 1. The Morgan fingerprint density at radius 3 is 2.50 bits per heavy atom. The SMILES string of the molecule is O=C(Nc1ccn([C@H]2C=C[C@@H](COCc3ccccc3)O2)c(=O)n1)c1ccccc1. The van der Waals surface area contributed by atoms with Gasteiger partial charge in [-0.2, -0.15) is 4.98 Å². The minimum Gasteiger partial charge on any atom is -0.374 e. The fourth-order valence-electron chi connectivity index (χ4n) is 3.06. The second-order valence-corrected chi connectivity index (χ2v) is 6.77. The minimum absolute atomic E-state index is 0.190. The number of amides is 1. The van der Waals surface area contributed by atoms with E-state index in [0.29, 0.717) is 18.8 Å². The first-order valence-electron chi connectivity index (χ1n) is 9.60. The summed E-state index contributed by atoms with van der Waals surface area (Å²) in [4.78, 5) is 28.5. The summed E-state index contributed by atoms with van der Waals surface area (Å²) in [6.45, 7) is 0.881. The summed E-state index contributed by atoms with van der Waals surface area (Å²) in [5.74, 6) is -0.136. The van der Waals surface area contributed by atoms with Gasteiger partial charge in [-0.3, -0.25) is 9.36 Å². The van der Waals surface area contributed by atoms with Crippen LogP contribution in [0.15, 0.2) is 89.9 Å². The van der Waals surface area contributed by atoms with E-state index in [9.17, 15) is 9.59 Å². The van der Waals surface area contributed by atoms with Crippen LogP contribution in [-0.4, -0.2) is 28.2 Å². The number of ether oxygens (including phenoxy) is 2. The summed E-state index contributed by atoms with van der Waals surface area (Å²) in [5, 5.41) is 2.63. The van der Waals surface area contributed by atoms with Crippen LogP contribution < -0.4 is 11.0 Å². The lowest BCUT2D eigenvalue weighted by atomic mass is 10.2. The molecule has 4 rings (SSSR count). The molecular formula is C23H21N3O4. The van der Waals surface area contributed by atoms with Crippen molar-refractivity contribution in [1.29, 1.82) is 0 Å². The molecule has 1 aromatic heterocycles. The van der Waals surface area contributed by atoms with Crippen molar-refractivity contribution in [3.8, 4) is 0 Å². The van der Waals surface area contributed by atoms with Crippen LogP contribution >= 0.6 is 0 Å². The predicted molar refractivity (Wildman–Crippen MR) is 112 cm³/mol. The Balaban J connectivity index is 1.32. The fourth-order valence-corrected chi connectivity index (χ4v) is 3.06. The third-order valence-corrected chi connectivity index (χ3v) is 4.58. The topological polar surface area (TPSA) is 82.5 Å². The molecule has 152 valence electrons. The Bertz CT molecular complexity index is 1080. The van der Waals surface area contributed by atoms with E-state index in [2.05, 4.69) is 10.3 Å². The van der Waals surface area contributed by atoms with Crippen molar-refractivity contribution in [3.05, 3.63) is 107 Å². The Kier molecular flexibility index (Phi) is 6.12. The molecule has 0 bridgehead atoms. The van der Waals surface area contributed by atoms with E-state index in [1.807, 2.05) is 42.5 Å². The second-order valence-electron chi connectivity index (χ2n) is 6.77. The van der Waals surface area contributed by atoms with Crippen molar-refractivity contribution < 1.29 is 14.3 Å². The molecule has 0 unspecified atom stereocenters. The molecule has 0 saturated heterocycles. The normalized spacial score (nSPS) is 17.7. The van der Waals surface area contributed by atoms with Crippen LogP contribution in [0.3, 0.4) is 0 Å². The molecule has 0 aliphatic carbocycles. The molecule has 0 radical (unpaired) electrons. The van der Waals surface area contributed by atoms with E-state index in [1.165, 1.54) is 4.57 Å². The highest BCUT2D eigenvalue weighted by Crippen LogP contribution is 2.20. The summed E-state index contributed by atoms with van der Waals surface area (Å²) in [7, 11) is 0. The molecule has 1 N–H and O–H groups in total. The number of carbonyl (C=O) groups excluding carboxylic acids is 1. The van der Waals surface area contributed by atoms with E-state index in [0.717, 1.165) is 5.56 Å². The molecule has 7 nitrogen and oxygen atoms in total. The van der Waals surface area contributed by atoms with Crippen molar-refractivity contribution in [2.24, 2.45) is 0 Å². The van der Waals surface area contributed by atoms with Crippen LogP contribution in [0.5, 0.6) is 0 Å². The van der Waals surface area contributed by atoms with Crippen molar-refractivity contribution in [2.75, 3.05) is 11.9 Å². The number of hydrogen-bond acceptors (Lipinski definition) is 5. The molecule has 2 heterocycles. The maximum Gasteiger partial charge on any atom is 0.351 e. The summed E-state index contributed by atoms with van der Waals surface area (Å²) in [5.41, 5.74) is 1.06. The van der Waals surface area contributed by atoms with Crippen molar-refractivity contribution in [2.45, 2.75) is 18.9 Å². The Hall–Kier alpha value is -3.55. The van der Waals surface area contributed by atoms with Gasteiger partial charge in [-0.25, -0.2) is 4.79 Å².